The first kappa shape index (κ1) is 14.1. The van der Waals surface area contributed by atoms with E-state index in [4.69, 9.17) is 11.6 Å². The lowest BCUT2D eigenvalue weighted by Crippen LogP contribution is -2.08. The van der Waals surface area contributed by atoms with Crippen molar-refractivity contribution in [2.24, 2.45) is 0 Å². The summed E-state index contributed by atoms with van der Waals surface area (Å²) in [6.45, 7) is 3.38. The number of alkyl halides is 1. The molecule has 2 heterocycles. The van der Waals surface area contributed by atoms with Crippen LogP contribution in [0.4, 0.5) is 4.39 Å². The Bertz CT molecular complexity index is 734. The van der Waals surface area contributed by atoms with E-state index in [1.165, 1.54) is 6.07 Å². The molecular weight excluding hydrogens is 291 g/mol. The first-order chi connectivity index (χ1) is 10.2. The van der Waals surface area contributed by atoms with E-state index in [1.807, 2.05) is 34.5 Å². The van der Waals surface area contributed by atoms with Gasteiger partial charge < -0.3 is 4.57 Å². The maximum Gasteiger partial charge on any atom is 0.151 e. The predicted octanol–water partition coefficient (Wildman–Crippen LogP) is 3.76. The molecule has 0 saturated heterocycles. The molecule has 110 valence electrons. The fraction of sp³-hybridized carbons (Fsp3) is 0.333. The Morgan fingerprint density at radius 3 is 2.86 bits per heavy atom. The molecule has 4 nitrogen and oxygen atoms in total. The van der Waals surface area contributed by atoms with Crippen LogP contribution in [0.25, 0.3) is 11.0 Å². The average molecular weight is 307 g/mol. The van der Waals surface area contributed by atoms with Crippen LogP contribution < -0.4 is 0 Å². The first-order valence-corrected chi connectivity index (χ1v) is 7.36. The predicted molar refractivity (Wildman–Crippen MR) is 80.8 cm³/mol. The number of hydrogen-bond donors (Lipinski definition) is 0. The van der Waals surface area contributed by atoms with Gasteiger partial charge in [0.2, 0.25) is 0 Å². The molecule has 1 atom stereocenters. The van der Waals surface area contributed by atoms with Crippen LogP contribution in [0.1, 0.15) is 24.5 Å². The number of benzene rings is 1. The highest BCUT2D eigenvalue weighted by atomic mass is 35.5. The van der Waals surface area contributed by atoms with E-state index in [0.717, 1.165) is 25.0 Å². The van der Waals surface area contributed by atoms with Crippen LogP contribution in [-0.2, 0) is 13.1 Å². The second-order valence-corrected chi connectivity index (χ2v) is 5.62. The molecule has 0 fully saturated rings. The molecule has 0 N–H and O–H groups in total. The number of hydrogen-bond acceptors (Lipinski definition) is 2. The quantitative estimate of drug-likeness (QED) is 0.673. The van der Waals surface area contributed by atoms with Crippen LogP contribution in [-0.4, -0.2) is 19.3 Å². The van der Waals surface area contributed by atoms with Crippen molar-refractivity contribution in [1.82, 2.24) is 19.3 Å². The molecule has 0 radical (unpaired) electrons. The number of nitrogens with zero attached hydrogens (tertiary/aromatic N) is 4. The molecule has 0 aliphatic rings. The van der Waals surface area contributed by atoms with Gasteiger partial charge in [-0.05, 0) is 31.5 Å². The van der Waals surface area contributed by atoms with Gasteiger partial charge in [0.1, 0.15) is 11.3 Å². The van der Waals surface area contributed by atoms with Crippen molar-refractivity contribution >= 4 is 22.6 Å². The van der Waals surface area contributed by atoms with Gasteiger partial charge in [-0.2, -0.15) is 5.10 Å². The molecule has 6 heteroatoms. The summed E-state index contributed by atoms with van der Waals surface area (Å²) in [4.78, 5) is 4.36. The zero-order valence-corrected chi connectivity index (χ0v) is 12.5. The summed E-state index contributed by atoms with van der Waals surface area (Å²) in [6, 6.07) is 6.90. The van der Waals surface area contributed by atoms with Crippen LogP contribution >= 0.6 is 11.6 Å². The van der Waals surface area contributed by atoms with Crippen LogP contribution in [0.15, 0.2) is 36.7 Å². The molecule has 0 amide bonds. The van der Waals surface area contributed by atoms with Crippen molar-refractivity contribution in [3.05, 3.63) is 48.3 Å². The van der Waals surface area contributed by atoms with Crippen molar-refractivity contribution in [3.63, 3.8) is 0 Å². The van der Waals surface area contributed by atoms with Crippen molar-refractivity contribution in [1.29, 1.82) is 0 Å². The van der Waals surface area contributed by atoms with Gasteiger partial charge in [0.15, 0.2) is 5.82 Å². The molecule has 0 saturated carbocycles. The summed E-state index contributed by atoms with van der Waals surface area (Å²) in [7, 11) is 0. The lowest BCUT2D eigenvalue weighted by molar-refractivity contribution is 0.523. The van der Waals surface area contributed by atoms with Gasteiger partial charge in [0.25, 0.3) is 0 Å². The van der Waals surface area contributed by atoms with Gasteiger partial charge in [-0.25, -0.2) is 9.37 Å². The van der Waals surface area contributed by atoms with Crippen molar-refractivity contribution < 1.29 is 4.39 Å². The molecule has 3 rings (SSSR count). The molecule has 0 aliphatic carbocycles. The van der Waals surface area contributed by atoms with E-state index in [9.17, 15) is 4.39 Å². The van der Waals surface area contributed by atoms with Gasteiger partial charge in [-0.3, -0.25) is 4.68 Å². The van der Waals surface area contributed by atoms with E-state index < -0.39 is 0 Å². The number of halogens is 2. The molecule has 1 unspecified atom stereocenters. The summed E-state index contributed by atoms with van der Waals surface area (Å²) in [5, 5.41) is 3.91. The number of para-hydroxylation sites is 1. The standard InChI is InChI=1S/C15H16ClFN4/c1-11(16)15-19-14-12(17)5-2-6-13(14)21(15)10-4-9-20-8-3-7-18-20/h2-3,5-8,11H,4,9-10H2,1H3. The van der Waals surface area contributed by atoms with E-state index in [2.05, 4.69) is 10.1 Å². The third kappa shape index (κ3) is 2.78. The molecule has 2 aromatic heterocycles. The van der Waals surface area contributed by atoms with Gasteiger partial charge in [0, 0.05) is 25.5 Å². The molecule has 3 aromatic rings. The van der Waals surface area contributed by atoms with Crippen LogP contribution in [0.5, 0.6) is 0 Å². The smallest absolute Gasteiger partial charge is 0.151 e. The Balaban J connectivity index is 1.88. The van der Waals surface area contributed by atoms with Gasteiger partial charge >= 0.3 is 0 Å². The normalized spacial score (nSPS) is 12.9. The zero-order valence-electron chi connectivity index (χ0n) is 11.7. The van der Waals surface area contributed by atoms with Gasteiger partial charge in [-0.1, -0.05) is 6.07 Å². The third-order valence-electron chi connectivity index (χ3n) is 3.44. The lowest BCUT2D eigenvalue weighted by Gasteiger charge is -2.10. The fourth-order valence-electron chi connectivity index (χ4n) is 2.49. The Hall–Kier alpha value is -1.88. The van der Waals surface area contributed by atoms with E-state index in [1.54, 1.807) is 12.3 Å². The monoisotopic (exact) mass is 306 g/mol. The Kier molecular flexibility index (Phi) is 3.92. The summed E-state index contributed by atoms with van der Waals surface area (Å²) in [6.07, 6.45) is 4.56. The lowest BCUT2D eigenvalue weighted by atomic mass is 10.3. The highest BCUT2D eigenvalue weighted by Crippen LogP contribution is 2.26. The molecular formula is C15H16ClFN4. The van der Waals surface area contributed by atoms with Crippen LogP contribution in [0.3, 0.4) is 0 Å². The summed E-state index contributed by atoms with van der Waals surface area (Å²) < 4.78 is 17.7. The Morgan fingerprint density at radius 1 is 1.29 bits per heavy atom. The zero-order chi connectivity index (χ0) is 14.8. The summed E-state index contributed by atoms with van der Waals surface area (Å²) in [5.74, 6) is 0.397. The maximum atomic E-state index is 13.9. The minimum Gasteiger partial charge on any atom is -0.327 e. The van der Waals surface area contributed by atoms with Crippen molar-refractivity contribution in [2.45, 2.75) is 31.8 Å². The minimum absolute atomic E-state index is 0.262. The van der Waals surface area contributed by atoms with Gasteiger partial charge in [0.05, 0.1) is 10.9 Å². The largest absolute Gasteiger partial charge is 0.327 e. The molecule has 0 bridgehead atoms. The molecule has 21 heavy (non-hydrogen) atoms. The number of fused-ring (bicyclic) bond motifs is 1. The van der Waals surface area contributed by atoms with Crippen LogP contribution in [0, 0.1) is 5.82 Å². The van der Waals surface area contributed by atoms with Gasteiger partial charge in [-0.15, -0.1) is 11.6 Å². The number of rotatable bonds is 5. The second-order valence-electron chi connectivity index (χ2n) is 4.97. The van der Waals surface area contributed by atoms with E-state index in [-0.39, 0.29) is 11.2 Å². The summed E-state index contributed by atoms with van der Waals surface area (Å²) >= 11 is 6.19. The molecule has 0 spiro atoms. The highest BCUT2D eigenvalue weighted by molar-refractivity contribution is 6.20. The van der Waals surface area contributed by atoms with Crippen molar-refractivity contribution in [2.75, 3.05) is 0 Å². The van der Waals surface area contributed by atoms with Crippen LogP contribution in [0.2, 0.25) is 0 Å². The SMILES string of the molecule is CC(Cl)c1nc2c(F)cccc2n1CCCn1cccn1. The minimum atomic E-state index is -0.308. The summed E-state index contributed by atoms with van der Waals surface area (Å²) in [5.41, 5.74) is 1.18. The first-order valence-electron chi connectivity index (χ1n) is 6.93. The maximum absolute atomic E-state index is 13.9. The molecule has 0 aliphatic heterocycles. The third-order valence-corrected chi connectivity index (χ3v) is 3.64. The topological polar surface area (TPSA) is 35.6 Å². The fourth-order valence-corrected chi connectivity index (χ4v) is 2.66. The second kappa shape index (κ2) is 5.85. The molecule has 1 aromatic carbocycles. The number of aromatic nitrogens is 4. The number of aryl methyl sites for hydroxylation is 2. The Labute approximate surface area is 127 Å². The van der Waals surface area contributed by atoms with Crippen molar-refractivity contribution in [3.8, 4) is 0 Å². The Morgan fingerprint density at radius 2 is 2.14 bits per heavy atom. The van der Waals surface area contributed by atoms with E-state index in [0.29, 0.717) is 11.3 Å². The number of imidazole rings is 1. The average Bonchev–Trinajstić information content (AvgIpc) is 3.08. The van der Waals surface area contributed by atoms with E-state index >= 15 is 0 Å². The highest BCUT2D eigenvalue weighted by Gasteiger charge is 2.16.